The van der Waals surface area contributed by atoms with Crippen molar-refractivity contribution in [3.8, 4) is 5.75 Å². The maximum absolute atomic E-state index is 15.4. The van der Waals surface area contributed by atoms with E-state index < -0.39 is 76.3 Å². The van der Waals surface area contributed by atoms with Crippen molar-refractivity contribution in [3.63, 3.8) is 0 Å². The van der Waals surface area contributed by atoms with Gasteiger partial charge in [0.1, 0.15) is 15.8 Å². The van der Waals surface area contributed by atoms with Crippen LogP contribution in [0.2, 0.25) is 5.02 Å². The third kappa shape index (κ3) is 4.21. The Bertz CT molecular complexity index is 1450. The van der Waals surface area contributed by atoms with Gasteiger partial charge in [-0.1, -0.05) is 11.6 Å². The van der Waals surface area contributed by atoms with Crippen LogP contribution in [0.15, 0.2) is 41.3 Å². The summed E-state index contributed by atoms with van der Waals surface area (Å²) in [4.78, 5) is 11.8. The summed E-state index contributed by atoms with van der Waals surface area (Å²) in [5.74, 6) is -4.41. The summed E-state index contributed by atoms with van der Waals surface area (Å²) in [6.07, 6.45) is -1.19. The van der Waals surface area contributed by atoms with Crippen molar-refractivity contribution in [2.24, 2.45) is 5.92 Å². The first-order valence-electron chi connectivity index (χ1n) is 11.7. The Balaban J connectivity index is 1.60. The van der Waals surface area contributed by atoms with Crippen LogP contribution >= 0.6 is 11.6 Å². The van der Waals surface area contributed by atoms with E-state index in [1.54, 1.807) is 0 Å². The SMILES string of the molecule is O=C1NCC[C@@H]1S(=O)(=O)CC[C@@H]1OCC[C@@]2(S(=O)(=O)c3ccc(Cl)cc3)c3c(F)ccc(F)c3OC[C@@H]12. The number of hydrogen-bond acceptors (Lipinski definition) is 7. The van der Waals surface area contributed by atoms with Crippen LogP contribution in [0.3, 0.4) is 0 Å². The summed E-state index contributed by atoms with van der Waals surface area (Å²) in [6.45, 7) is -0.231. The van der Waals surface area contributed by atoms with Crippen LogP contribution in [-0.2, 0) is 34.0 Å². The standard InChI is InChI=1S/C24H24ClF2NO7S2/c25-14-1-3-15(4-2-14)37(32,33)24-9-11-34-19(8-12-36(30,31)20-7-10-28-23(20)29)16(24)13-35-22-18(27)6-5-17(26)21(22)24/h1-6,16,19-20H,7-13H2,(H,28,29)/t16-,19-,20-,24-/m0/s1. The van der Waals surface area contributed by atoms with Gasteiger partial charge in [-0.3, -0.25) is 4.79 Å². The van der Waals surface area contributed by atoms with Crippen LogP contribution in [0, 0.1) is 17.6 Å². The molecule has 0 unspecified atom stereocenters. The van der Waals surface area contributed by atoms with Gasteiger partial charge in [-0.05, 0) is 55.7 Å². The van der Waals surface area contributed by atoms with Gasteiger partial charge >= 0.3 is 0 Å². The van der Waals surface area contributed by atoms with Crippen LogP contribution in [0.25, 0.3) is 0 Å². The molecule has 37 heavy (non-hydrogen) atoms. The van der Waals surface area contributed by atoms with Crippen molar-refractivity contribution in [1.29, 1.82) is 0 Å². The second-order valence-corrected chi connectivity index (χ2v) is 14.3. The van der Waals surface area contributed by atoms with Gasteiger partial charge in [-0.2, -0.15) is 0 Å². The lowest BCUT2D eigenvalue weighted by atomic mass is 9.75. The summed E-state index contributed by atoms with van der Waals surface area (Å²) >= 11 is 5.95. The normalized spacial score (nSPS) is 27.6. The zero-order valence-corrected chi connectivity index (χ0v) is 21.8. The van der Waals surface area contributed by atoms with Crippen molar-refractivity contribution in [3.05, 3.63) is 58.6 Å². The minimum Gasteiger partial charge on any atom is -0.490 e. The molecule has 8 nitrogen and oxygen atoms in total. The largest absolute Gasteiger partial charge is 0.490 e. The topological polar surface area (TPSA) is 116 Å². The highest BCUT2D eigenvalue weighted by Crippen LogP contribution is 2.56. The predicted molar refractivity (Wildman–Crippen MR) is 130 cm³/mol. The first-order chi connectivity index (χ1) is 17.5. The molecule has 0 spiro atoms. The van der Waals surface area contributed by atoms with Crippen molar-refractivity contribution in [1.82, 2.24) is 5.32 Å². The Morgan fingerprint density at radius 3 is 2.43 bits per heavy atom. The van der Waals surface area contributed by atoms with Crippen LogP contribution in [0.1, 0.15) is 24.8 Å². The summed E-state index contributed by atoms with van der Waals surface area (Å²) in [6, 6.07) is 7.09. The van der Waals surface area contributed by atoms with E-state index in [1.807, 2.05) is 0 Å². The van der Waals surface area contributed by atoms with Gasteiger partial charge in [0.2, 0.25) is 5.91 Å². The number of carbonyl (C=O) groups is 1. The molecule has 4 atom stereocenters. The predicted octanol–water partition coefficient (Wildman–Crippen LogP) is 2.78. The lowest BCUT2D eigenvalue weighted by molar-refractivity contribution is -0.118. The maximum Gasteiger partial charge on any atom is 0.238 e. The number of benzene rings is 2. The van der Waals surface area contributed by atoms with E-state index in [1.165, 1.54) is 24.3 Å². The number of rotatable bonds is 6. The van der Waals surface area contributed by atoms with E-state index >= 15 is 4.39 Å². The van der Waals surface area contributed by atoms with Crippen LogP contribution in [0.5, 0.6) is 5.75 Å². The molecule has 200 valence electrons. The second kappa shape index (κ2) is 9.48. The third-order valence-electron chi connectivity index (χ3n) is 7.46. The van der Waals surface area contributed by atoms with E-state index in [-0.39, 0.29) is 43.9 Å². The summed E-state index contributed by atoms with van der Waals surface area (Å²) < 4.78 is 93.9. The summed E-state index contributed by atoms with van der Waals surface area (Å²) in [7, 11) is -8.27. The number of amides is 1. The van der Waals surface area contributed by atoms with Gasteiger partial charge in [-0.25, -0.2) is 25.6 Å². The molecule has 0 radical (unpaired) electrons. The van der Waals surface area contributed by atoms with Crippen molar-refractivity contribution < 1.29 is 39.9 Å². The Hall–Kier alpha value is -2.28. The average molecular weight is 576 g/mol. The second-order valence-electron chi connectivity index (χ2n) is 9.38. The molecule has 1 amide bonds. The zero-order chi connectivity index (χ0) is 26.6. The lowest BCUT2D eigenvalue weighted by Gasteiger charge is -2.50. The van der Waals surface area contributed by atoms with Gasteiger partial charge in [0.25, 0.3) is 0 Å². The van der Waals surface area contributed by atoms with E-state index in [2.05, 4.69) is 5.32 Å². The van der Waals surface area contributed by atoms with Gasteiger partial charge < -0.3 is 14.8 Å². The first kappa shape index (κ1) is 26.3. The van der Waals surface area contributed by atoms with E-state index in [4.69, 9.17) is 21.1 Å². The molecular weight excluding hydrogens is 552 g/mol. The Labute approximate surface area is 218 Å². The van der Waals surface area contributed by atoms with Gasteiger partial charge in [0.05, 0.1) is 28.9 Å². The summed E-state index contributed by atoms with van der Waals surface area (Å²) in [5, 5.41) is 1.60. The minimum atomic E-state index is -4.40. The van der Waals surface area contributed by atoms with E-state index in [0.717, 1.165) is 12.1 Å². The number of carbonyl (C=O) groups excluding carboxylic acids is 1. The third-order valence-corrected chi connectivity index (χ3v) is 12.4. The molecule has 2 saturated heterocycles. The number of nitrogens with one attached hydrogen (secondary N) is 1. The van der Waals surface area contributed by atoms with Crippen LogP contribution in [-0.4, -0.2) is 59.6 Å². The molecule has 0 saturated carbocycles. The van der Waals surface area contributed by atoms with Gasteiger partial charge in [0.15, 0.2) is 31.2 Å². The highest BCUT2D eigenvalue weighted by molar-refractivity contribution is 7.93. The molecule has 2 fully saturated rings. The highest BCUT2D eigenvalue weighted by Gasteiger charge is 2.61. The van der Waals surface area contributed by atoms with Gasteiger partial charge in [-0.15, -0.1) is 0 Å². The molecule has 1 N–H and O–H groups in total. The smallest absolute Gasteiger partial charge is 0.238 e. The molecule has 0 bridgehead atoms. The quantitative estimate of drug-likeness (QED) is 0.563. The number of hydrogen-bond donors (Lipinski definition) is 1. The number of sulfone groups is 2. The Morgan fingerprint density at radius 1 is 1.05 bits per heavy atom. The number of fused-ring (bicyclic) bond motifs is 3. The van der Waals surface area contributed by atoms with Crippen LogP contribution in [0.4, 0.5) is 8.78 Å². The molecule has 3 aliphatic rings. The maximum atomic E-state index is 15.4. The number of ether oxygens (including phenoxy) is 2. The minimum absolute atomic E-state index is 0.144. The highest BCUT2D eigenvalue weighted by atomic mass is 35.5. The monoisotopic (exact) mass is 575 g/mol. The number of halogens is 3. The molecule has 0 aliphatic carbocycles. The summed E-state index contributed by atoms with van der Waals surface area (Å²) in [5.41, 5.74) is -0.426. The van der Waals surface area contributed by atoms with Crippen molar-refractivity contribution in [2.45, 2.75) is 40.3 Å². The fraction of sp³-hybridized carbons (Fsp3) is 0.458. The van der Waals surface area contributed by atoms with Crippen molar-refractivity contribution >= 4 is 37.2 Å². The van der Waals surface area contributed by atoms with E-state index in [9.17, 15) is 26.0 Å². The van der Waals surface area contributed by atoms with Gasteiger partial charge in [0, 0.05) is 24.1 Å². The van der Waals surface area contributed by atoms with Crippen molar-refractivity contribution in [2.75, 3.05) is 25.5 Å². The molecule has 13 heteroatoms. The van der Waals surface area contributed by atoms with E-state index in [0.29, 0.717) is 5.02 Å². The molecule has 5 rings (SSSR count). The zero-order valence-electron chi connectivity index (χ0n) is 19.5. The average Bonchev–Trinajstić information content (AvgIpc) is 3.31. The Morgan fingerprint density at radius 2 is 1.76 bits per heavy atom. The first-order valence-corrected chi connectivity index (χ1v) is 15.3. The fourth-order valence-electron chi connectivity index (χ4n) is 5.67. The van der Waals surface area contributed by atoms with Crippen LogP contribution < -0.4 is 10.1 Å². The molecule has 2 aromatic carbocycles. The Kier molecular flexibility index (Phi) is 6.74. The molecule has 2 aromatic rings. The molecular formula is C24H24ClF2NO7S2. The molecule has 3 aliphatic heterocycles. The molecule has 3 heterocycles. The fourth-order valence-corrected chi connectivity index (χ4v) is 9.87. The molecule has 0 aromatic heterocycles. The lowest BCUT2D eigenvalue weighted by Crippen LogP contribution is -2.57.